The van der Waals surface area contributed by atoms with Gasteiger partial charge >= 0.3 is 0 Å². The Hall–Kier alpha value is -1.38. The first-order valence-corrected chi connectivity index (χ1v) is 9.51. The lowest BCUT2D eigenvalue weighted by Crippen LogP contribution is -2.26. The van der Waals surface area contributed by atoms with Crippen molar-refractivity contribution >= 4 is 52.0 Å². The first-order valence-electron chi connectivity index (χ1n) is 7.99. The fourth-order valence-corrected chi connectivity index (χ4v) is 4.44. The van der Waals surface area contributed by atoms with Crippen LogP contribution in [0.1, 0.15) is 24.0 Å². The molecule has 26 heavy (non-hydrogen) atoms. The number of rotatable bonds is 4. The molecule has 0 saturated heterocycles. The highest BCUT2D eigenvalue weighted by Gasteiger charge is 2.35. The van der Waals surface area contributed by atoms with Gasteiger partial charge in [-0.05, 0) is 36.2 Å². The van der Waals surface area contributed by atoms with Gasteiger partial charge in [0.2, 0.25) is 0 Å². The number of allylic oxidation sites excluding steroid dienone is 5. The molecule has 134 valence electrons. The van der Waals surface area contributed by atoms with Gasteiger partial charge in [0.15, 0.2) is 0 Å². The van der Waals surface area contributed by atoms with E-state index in [2.05, 4.69) is 6.58 Å². The number of hydrogen-bond donors (Lipinski definition) is 1. The molecular formula is C21H16Cl4O. The summed E-state index contributed by atoms with van der Waals surface area (Å²) in [5.74, 6) is 0.240. The van der Waals surface area contributed by atoms with E-state index in [0.717, 1.165) is 11.1 Å². The van der Waals surface area contributed by atoms with Gasteiger partial charge in [-0.25, -0.2) is 0 Å². The maximum Gasteiger partial charge on any atom is 0.101 e. The van der Waals surface area contributed by atoms with Gasteiger partial charge in [0.1, 0.15) is 5.76 Å². The number of benzene rings is 2. The van der Waals surface area contributed by atoms with Crippen molar-refractivity contribution in [2.75, 3.05) is 0 Å². The second kappa shape index (κ2) is 7.70. The van der Waals surface area contributed by atoms with Crippen LogP contribution in [-0.2, 0) is 5.41 Å². The third kappa shape index (κ3) is 3.68. The van der Waals surface area contributed by atoms with Crippen LogP contribution in [0.25, 0.3) is 5.57 Å². The number of aliphatic hydroxyl groups is 1. The third-order valence-electron chi connectivity index (χ3n) is 4.56. The molecule has 1 unspecified atom stereocenters. The molecule has 1 aliphatic rings. The van der Waals surface area contributed by atoms with Crippen LogP contribution in [0.5, 0.6) is 0 Å². The van der Waals surface area contributed by atoms with Crippen LogP contribution >= 0.6 is 46.4 Å². The summed E-state index contributed by atoms with van der Waals surface area (Å²) in [6, 6.07) is 10.6. The largest absolute Gasteiger partial charge is 0.512 e. The summed E-state index contributed by atoms with van der Waals surface area (Å²) in [5, 5.41) is 13.0. The molecule has 0 heterocycles. The van der Waals surface area contributed by atoms with E-state index in [-0.39, 0.29) is 5.76 Å². The molecule has 1 nitrogen and oxygen atoms in total. The highest BCUT2D eigenvalue weighted by molar-refractivity contribution is 6.36. The molecular weight excluding hydrogens is 410 g/mol. The van der Waals surface area contributed by atoms with E-state index in [4.69, 9.17) is 46.4 Å². The Balaban J connectivity index is 2.07. The molecule has 1 N–H and O–H groups in total. The molecule has 2 aromatic carbocycles. The van der Waals surface area contributed by atoms with Gasteiger partial charge in [0.05, 0.1) is 0 Å². The van der Waals surface area contributed by atoms with E-state index in [0.29, 0.717) is 38.5 Å². The average Bonchev–Trinajstić information content (AvgIpc) is 2.56. The van der Waals surface area contributed by atoms with Crippen LogP contribution in [0, 0.1) is 0 Å². The highest BCUT2D eigenvalue weighted by atomic mass is 35.5. The van der Waals surface area contributed by atoms with Gasteiger partial charge in [-0.1, -0.05) is 76.8 Å². The minimum absolute atomic E-state index is 0.240. The Bertz CT molecular complexity index is 930. The van der Waals surface area contributed by atoms with Crippen LogP contribution in [0.3, 0.4) is 0 Å². The fourth-order valence-electron chi connectivity index (χ4n) is 3.33. The molecule has 5 heteroatoms. The zero-order valence-electron chi connectivity index (χ0n) is 13.8. The zero-order chi connectivity index (χ0) is 18.9. The smallest absolute Gasteiger partial charge is 0.101 e. The summed E-state index contributed by atoms with van der Waals surface area (Å²) in [7, 11) is 0. The predicted octanol–water partition coefficient (Wildman–Crippen LogP) is 8.04. The van der Waals surface area contributed by atoms with E-state index in [1.807, 2.05) is 24.3 Å². The fraction of sp³-hybridized carbons (Fsp3) is 0.143. The lowest BCUT2D eigenvalue weighted by Gasteiger charge is -2.34. The molecule has 3 rings (SSSR count). The Morgan fingerprint density at radius 1 is 1.00 bits per heavy atom. The summed E-state index contributed by atoms with van der Waals surface area (Å²) < 4.78 is 0. The minimum Gasteiger partial charge on any atom is -0.512 e. The lowest BCUT2D eigenvalue weighted by atomic mass is 9.71. The van der Waals surface area contributed by atoms with Crippen molar-refractivity contribution in [2.45, 2.75) is 18.3 Å². The molecule has 0 saturated carbocycles. The Morgan fingerprint density at radius 3 is 2.23 bits per heavy atom. The molecule has 2 aromatic rings. The topological polar surface area (TPSA) is 20.2 Å². The molecule has 0 spiro atoms. The predicted molar refractivity (Wildman–Crippen MR) is 113 cm³/mol. The first kappa shape index (κ1) is 19.4. The standard InChI is InChI=1S/C21H16Cl4O/c1-2-8-21(17-6-4-14(23)11-19(17)25)9-7-16(20(26)12-21)15-5-3-13(22)10-18(15)24/h2-7,9-11,26H,1,8,12H2. The normalized spacial score (nSPS) is 19.7. The van der Waals surface area contributed by atoms with Gasteiger partial charge in [-0.2, -0.15) is 0 Å². The average molecular weight is 426 g/mol. The van der Waals surface area contributed by atoms with Gasteiger partial charge in [0, 0.05) is 43.1 Å². The maximum atomic E-state index is 10.8. The van der Waals surface area contributed by atoms with E-state index in [9.17, 15) is 5.11 Å². The van der Waals surface area contributed by atoms with Gasteiger partial charge in [-0.15, -0.1) is 6.58 Å². The SMILES string of the molecule is C=CCC1(c2ccc(Cl)cc2Cl)C=CC(c2ccc(Cl)cc2Cl)=C(O)C1. The quantitative estimate of drug-likeness (QED) is 0.491. The van der Waals surface area contributed by atoms with Crippen molar-refractivity contribution in [3.05, 3.63) is 98.2 Å². The summed E-state index contributed by atoms with van der Waals surface area (Å²) >= 11 is 24.8. The molecule has 0 amide bonds. The lowest BCUT2D eigenvalue weighted by molar-refractivity contribution is 0.348. The van der Waals surface area contributed by atoms with E-state index in [1.165, 1.54) is 0 Å². The minimum atomic E-state index is -0.490. The van der Waals surface area contributed by atoms with Gasteiger partial charge < -0.3 is 5.11 Å². The summed E-state index contributed by atoms with van der Waals surface area (Å²) in [6.07, 6.45) is 6.75. The highest BCUT2D eigenvalue weighted by Crippen LogP contribution is 2.45. The maximum absolute atomic E-state index is 10.8. The molecule has 0 aromatic heterocycles. The van der Waals surface area contributed by atoms with Crippen LogP contribution in [0.2, 0.25) is 20.1 Å². The molecule has 1 aliphatic carbocycles. The van der Waals surface area contributed by atoms with Crippen LogP contribution in [0.15, 0.2) is 67.0 Å². The van der Waals surface area contributed by atoms with Crippen molar-refractivity contribution in [2.24, 2.45) is 0 Å². The van der Waals surface area contributed by atoms with E-state index in [1.54, 1.807) is 30.3 Å². The zero-order valence-corrected chi connectivity index (χ0v) is 16.8. The van der Waals surface area contributed by atoms with Crippen molar-refractivity contribution in [1.82, 2.24) is 0 Å². The molecule has 1 atom stereocenters. The van der Waals surface area contributed by atoms with Crippen LogP contribution < -0.4 is 0 Å². The Kier molecular flexibility index (Phi) is 5.74. The number of halogens is 4. The molecule has 0 radical (unpaired) electrons. The first-order chi connectivity index (χ1) is 12.4. The summed E-state index contributed by atoms with van der Waals surface area (Å²) in [4.78, 5) is 0. The van der Waals surface area contributed by atoms with Crippen molar-refractivity contribution in [3.63, 3.8) is 0 Å². The van der Waals surface area contributed by atoms with Crippen LogP contribution in [0.4, 0.5) is 0 Å². The molecule has 0 aliphatic heterocycles. The molecule has 0 bridgehead atoms. The summed E-state index contributed by atoms with van der Waals surface area (Å²) in [5.41, 5.74) is 1.82. The monoisotopic (exact) mass is 424 g/mol. The van der Waals surface area contributed by atoms with Gasteiger partial charge in [0.25, 0.3) is 0 Å². The second-order valence-electron chi connectivity index (χ2n) is 6.27. The van der Waals surface area contributed by atoms with Gasteiger partial charge in [-0.3, -0.25) is 0 Å². The van der Waals surface area contributed by atoms with E-state index >= 15 is 0 Å². The number of hydrogen-bond acceptors (Lipinski definition) is 1. The van der Waals surface area contributed by atoms with Crippen LogP contribution in [-0.4, -0.2) is 5.11 Å². The Labute approximate surface area is 173 Å². The van der Waals surface area contributed by atoms with E-state index < -0.39 is 5.41 Å². The second-order valence-corrected chi connectivity index (χ2v) is 7.96. The van der Waals surface area contributed by atoms with Crippen molar-refractivity contribution in [3.8, 4) is 0 Å². The van der Waals surface area contributed by atoms with Crippen molar-refractivity contribution < 1.29 is 5.11 Å². The molecule has 0 fully saturated rings. The summed E-state index contributed by atoms with van der Waals surface area (Å²) in [6.45, 7) is 3.86. The number of aliphatic hydroxyl groups excluding tert-OH is 1. The van der Waals surface area contributed by atoms with Crippen molar-refractivity contribution in [1.29, 1.82) is 0 Å². The third-order valence-corrected chi connectivity index (χ3v) is 5.66. The Morgan fingerprint density at radius 2 is 1.65 bits per heavy atom.